The van der Waals surface area contributed by atoms with Crippen molar-refractivity contribution in [2.45, 2.75) is 38.5 Å². The first-order valence-electron chi connectivity index (χ1n) is 10.2. The van der Waals surface area contributed by atoms with Crippen LogP contribution in [-0.4, -0.2) is 30.9 Å². The number of amides is 1. The number of para-hydroxylation sites is 1. The van der Waals surface area contributed by atoms with Gasteiger partial charge in [0, 0.05) is 23.5 Å². The molecule has 1 amide bonds. The molecule has 3 aromatic rings. The van der Waals surface area contributed by atoms with Gasteiger partial charge in [-0.05, 0) is 69.2 Å². The van der Waals surface area contributed by atoms with Gasteiger partial charge >= 0.3 is 0 Å². The van der Waals surface area contributed by atoms with Crippen LogP contribution in [0.25, 0.3) is 0 Å². The van der Waals surface area contributed by atoms with E-state index in [1.165, 1.54) is 12.1 Å². The largest absolute Gasteiger partial charge is 0.493 e. The van der Waals surface area contributed by atoms with Gasteiger partial charge in [-0.25, -0.2) is 23.1 Å². The molecule has 0 aliphatic rings. The van der Waals surface area contributed by atoms with Crippen LogP contribution in [0, 0.1) is 20.8 Å². The Bertz CT molecular complexity index is 1170. The predicted octanol–water partition coefficient (Wildman–Crippen LogP) is 4.00. The Labute approximate surface area is 188 Å². The van der Waals surface area contributed by atoms with E-state index in [-0.39, 0.29) is 23.2 Å². The van der Waals surface area contributed by atoms with Gasteiger partial charge in [0.2, 0.25) is 11.9 Å². The fraction of sp³-hybridized carbons (Fsp3) is 0.261. The van der Waals surface area contributed by atoms with E-state index in [2.05, 4.69) is 20.0 Å². The van der Waals surface area contributed by atoms with Crippen molar-refractivity contribution in [1.82, 2.24) is 9.97 Å². The van der Waals surface area contributed by atoms with E-state index in [0.29, 0.717) is 30.1 Å². The third-order valence-electron chi connectivity index (χ3n) is 4.56. The molecule has 2 aromatic carbocycles. The Morgan fingerprint density at radius 1 is 0.969 bits per heavy atom. The van der Waals surface area contributed by atoms with Crippen LogP contribution >= 0.6 is 0 Å². The monoisotopic (exact) mass is 454 g/mol. The van der Waals surface area contributed by atoms with Crippen molar-refractivity contribution in [3.8, 4) is 5.75 Å². The standard InChI is InChI=1S/C23H26N4O4S/c1-16-7-4-5-8-21(16)31-14-6-9-22(28)26-19-10-12-20(13-11-19)32(29,30)27-23-24-17(2)15-18(3)25-23/h4-5,7-8,10-13,15H,6,9,14H2,1-3H3,(H,26,28)(H,24,25,27). The van der Waals surface area contributed by atoms with Crippen LogP contribution in [0.5, 0.6) is 5.75 Å². The summed E-state index contributed by atoms with van der Waals surface area (Å²) >= 11 is 0. The van der Waals surface area contributed by atoms with Gasteiger partial charge in [-0.1, -0.05) is 18.2 Å². The molecule has 0 saturated carbocycles. The minimum Gasteiger partial charge on any atom is -0.493 e. The second-order valence-electron chi connectivity index (χ2n) is 7.37. The molecule has 0 bridgehead atoms. The number of aryl methyl sites for hydroxylation is 3. The average molecular weight is 455 g/mol. The zero-order chi connectivity index (χ0) is 23.1. The Morgan fingerprint density at radius 2 is 1.62 bits per heavy atom. The molecule has 8 nitrogen and oxygen atoms in total. The maximum atomic E-state index is 12.6. The highest BCUT2D eigenvalue weighted by Crippen LogP contribution is 2.18. The summed E-state index contributed by atoms with van der Waals surface area (Å²) in [6.07, 6.45) is 0.851. The van der Waals surface area contributed by atoms with Crippen molar-refractivity contribution in [2.24, 2.45) is 0 Å². The normalized spacial score (nSPS) is 11.1. The number of rotatable bonds is 9. The molecular formula is C23H26N4O4S. The van der Waals surface area contributed by atoms with E-state index >= 15 is 0 Å². The van der Waals surface area contributed by atoms with Gasteiger partial charge in [-0.2, -0.15) is 0 Å². The summed E-state index contributed by atoms with van der Waals surface area (Å²) in [6.45, 7) is 5.93. The van der Waals surface area contributed by atoms with E-state index in [9.17, 15) is 13.2 Å². The van der Waals surface area contributed by atoms with Gasteiger partial charge in [-0.15, -0.1) is 0 Å². The third kappa shape index (κ3) is 6.52. The van der Waals surface area contributed by atoms with Crippen LogP contribution in [-0.2, 0) is 14.8 Å². The summed E-state index contributed by atoms with van der Waals surface area (Å²) in [6, 6.07) is 15.4. The van der Waals surface area contributed by atoms with Gasteiger partial charge < -0.3 is 10.1 Å². The van der Waals surface area contributed by atoms with Crippen LogP contribution in [0.1, 0.15) is 29.8 Å². The molecule has 0 radical (unpaired) electrons. The predicted molar refractivity (Wildman–Crippen MR) is 123 cm³/mol. The topological polar surface area (TPSA) is 110 Å². The molecule has 3 rings (SSSR count). The Kier molecular flexibility index (Phi) is 7.42. The van der Waals surface area contributed by atoms with Crippen LogP contribution in [0.15, 0.2) is 59.5 Å². The molecule has 2 N–H and O–H groups in total. The minimum atomic E-state index is -3.84. The lowest BCUT2D eigenvalue weighted by atomic mass is 10.2. The van der Waals surface area contributed by atoms with Crippen LogP contribution in [0.3, 0.4) is 0 Å². The SMILES string of the molecule is Cc1cc(C)nc(NS(=O)(=O)c2ccc(NC(=O)CCCOc3ccccc3C)cc2)n1. The zero-order valence-corrected chi connectivity index (χ0v) is 19.1. The van der Waals surface area contributed by atoms with Crippen molar-refractivity contribution >= 4 is 27.6 Å². The number of carbonyl (C=O) groups excluding carboxylic acids is 1. The van der Waals surface area contributed by atoms with Crippen LogP contribution < -0.4 is 14.8 Å². The quantitative estimate of drug-likeness (QED) is 0.473. The highest BCUT2D eigenvalue weighted by atomic mass is 32.2. The third-order valence-corrected chi connectivity index (χ3v) is 5.90. The van der Waals surface area contributed by atoms with Gasteiger partial charge in [0.05, 0.1) is 11.5 Å². The van der Waals surface area contributed by atoms with E-state index in [1.54, 1.807) is 32.0 Å². The van der Waals surface area contributed by atoms with Crippen molar-refractivity contribution in [3.63, 3.8) is 0 Å². The van der Waals surface area contributed by atoms with Gasteiger partial charge in [-0.3, -0.25) is 4.79 Å². The first-order valence-corrected chi connectivity index (χ1v) is 11.6. The molecule has 1 aromatic heterocycles. The number of sulfonamides is 1. The summed E-state index contributed by atoms with van der Waals surface area (Å²) in [4.78, 5) is 20.4. The van der Waals surface area contributed by atoms with E-state index in [4.69, 9.17) is 4.74 Å². The minimum absolute atomic E-state index is 0.0211. The van der Waals surface area contributed by atoms with E-state index in [1.807, 2.05) is 31.2 Å². The lowest BCUT2D eigenvalue weighted by Gasteiger charge is -2.10. The molecule has 0 saturated heterocycles. The Hall–Kier alpha value is -3.46. The summed E-state index contributed by atoms with van der Waals surface area (Å²) in [5.74, 6) is 0.660. The molecule has 0 fully saturated rings. The summed E-state index contributed by atoms with van der Waals surface area (Å²) < 4.78 is 33.2. The Morgan fingerprint density at radius 3 is 2.28 bits per heavy atom. The maximum Gasteiger partial charge on any atom is 0.264 e. The number of carbonyl (C=O) groups is 1. The maximum absolute atomic E-state index is 12.6. The van der Waals surface area contributed by atoms with Crippen molar-refractivity contribution in [1.29, 1.82) is 0 Å². The molecule has 1 heterocycles. The number of aromatic nitrogens is 2. The molecular weight excluding hydrogens is 428 g/mol. The second kappa shape index (κ2) is 10.2. The second-order valence-corrected chi connectivity index (χ2v) is 9.05. The summed E-state index contributed by atoms with van der Waals surface area (Å²) in [5, 5.41) is 2.76. The van der Waals surface area contributed by atoms with Gasteiger partial charge in [0.15, 0.2) is 0 Å². The average Bonchev–Trinajstić information content (AvgIpc) is 2.71. The van der Waals surface area contributed by atoms with Crippen molar-refractivity contribution in [3.05, 3.63) is 71.5 Å². The molecule has 0 spiro atoms. The van der Waals surface area contributed by atoms with Crippen molar-refractivity contribution in [2.75, 3.05) is 16.6 Å². The lowest BCUT2D eigenvalue weighted by Crippen LogP contribution is -2.16. The number of nitrogens with zero attached hydrogens (tertiary/aromatic N) is 2. The molecule has 0 aliphatic heterocycles. The molecule has 9 heteroatoms. The summed E-state index contributed by atoms with van der Waals surface area (Å²) in [5.41, 5.74) is 2.89. The van der Waals surface area contributed by atoms with E-state index < -0.39 is 10.0 Å². The number of hydrogen-bond donors (Lipinski definition) is 2. The fourth-order valence-corrected chi connectivity index (χ4v) is 3.97. The van der Waals surface area contributed by atoms with Crippen LogP contribution in [0.2, 0.25) is 0 Å². The van der Waals surface area contributed by atoms with Crippen LogP contribution in [0.4, 0.5) is 11.6 Å². The number of ether oxygens (including phenoxy) is 1. The number of benzene rings is 2. The highest BCUT2D eigenvalue weighted by Gasteiger charge is 2.16. The first kappa shape index (κ1) is 23.2. The van der Waals surface area contributed by atoms with Gasteiger partial charge in [0.25, 0.3) is 10.0 Å². The first-order chi connectivity index (χ1) is 15.2. The fourth-order valence-electron chi connectivity index (χ4n) is 3.02. The molecule has 0 atom stereocenters. The molecule has 0 aliphatic carbocycles. The number of hydrogen-bond acceptors (Lipinski definition) is 6. The Balaban J connectivity index is 1.51. The molecule has 168 valence electrons. The van der Waals surface area contributed by atoms with Gasteiger partial charge in [0.1, 0.15) is 5.75 Å². The number of anilines is 2. The molecule has 0 unspecified atom stereocenters. The van der Waals surface area contributed by atoms with Crippen molar-refractivity contribution < 1.29 is 17.9 Å². The summed E-state index contributed by atoms with van der Waals surface area (Å²) in [7, 11) is -3.84. The zero-order valence-electron chi connectivity index (χ0n) is 18.3. The number of nitrogens with one attached hydrogen (secondary N) is 2. The lowest BCUT2D eigenvalue weighted by molar-refractivity contribution is -0.116. The smallest absolute Gasteiger partial charge is 0.264 e. The highest BCUT2D eigenvalue weighted by molar-refractivity contribution is 7.92. The molecule has 32 heavy (non-hydrogen) atoms. The van der Waals surface area contributed by atoms with E-state index in [0.717, 1.165) is 11.3 Å².